The number of aromatic nitrogens is 1. The molecule has 0 unspecified atom stereocenters. The van der Waals surface area contributed by atoms with Crippen molar-refractivity contribution in [1.82, 2.24) is 10.3 Å². The molecule has 0 saturated heterocycles. The van der Waals surface area contributed by atoms with Crippen LogP contribution in [-0.4, -0.2) is 17.6 Å². The molecule has 0 aromatic carbocycles. The van der Waals surface area contributed by atoms with E-state index < -0.39 is 0 Å². The lowest BCUT2D eigenvalue weighted by molar-refractivity contribution is 0.120. The van der Waals surface area contributed by atoms with Crippen LogP contribution < -0.4 is 10.1 Å². The quantitative estimate of drug-likeness (QED) is 0.822. The fourth-order valence-corrected chi connectivity index (χ4v) is 1.80. The van der Waals surface area contributed by atoms with Gasteiger partial charge in [-0.2, -0.15) is 0 Å². The Bertz CT molecular complexity index is 348. The van der Waals surface area contributed by atoms with Gasteiger partial charge in [0, 0.05) is 18.8 Å². The van der Waals surface area contributed by atoms with Crippen LogP contribution in [0.3, 0.4) is 0 Å². The molecule has 1 N–H and O–H groups in total. The van der Waals surface area contributed by atoms with Crippen molar-refractivity contribution in [2.45, 2.75) is 45.8 Å². The molecule has 0 amide bonds. The number of hydrogen-bond acceptors (Lipinski definition) is 3. The zero-order chi connectivity index (χ0) is 12.1. The van der Waals surface area contributed by atoms with Gasteiger partial charge in [-0.15, -0.1) is 0 Å². The Morgan fingerprint density at radius 2 is 2.29 bits per heavy atom. The first-order valence-electron chi connectivity index (χ1n) is 6.56. The lowest BCUT2D eigenvalue weighted by atomic mass is 9.96. The Kier molecular flexibility index (Phi) is 4.37. The van der Waals surface area contributed by atoms with E-state index in [4.69, 9.17) is 4.74 Å². The second-order valence-corrected chi connectivity index (χ2v) is 5.18. The van der Waals surface area contributed by atoms with Crippen molar-refractivity contribution in [3.8, 4) is 5.75 Å². The maximum absolute atomic E-state index is 5.85. The van der Waals surface area contributed by atoms with Gasteiger partial charge in [0.25, 0.3) is 0 Å². The summed E-state index contributed by atoms with van der Waals surface area (Å²) in [6, 6.07) is 4.00. The number of nitrogens with one attached hydrogen (secondary N) is 1. The minimum atomic E-state index is 0.439. The van der Waals surface area contributed by atoms with Crippen molar-refractivity contribution in [1.29, 1.82) is 0 Å². The van der Waals surface area contributed by atoms with E-state index in [0.29, 0.717) is 12.0 Å². The van der Waals surface area contributed by atoms with Crippen LogP contribution in [-0.2, 0) is 6.54 Å². The summed E-state index contributed by atoms with van der Waals surface area (Å²) in [5.74, 6) is 1.63. The highest BCUT2D eigenvalue weighted by atomic mass is 16.5. The maximum atomic E-state index is 5.85. The Morgan fingerprint density at radius 3 is 2.94 bits per heavy atom. The van der Waals surface area contributed by atoms with Gasteiger partial charge in [-0.25, -0.2) is 0 Å². The highest BCUT2D eigenvalue weighted by Gasteiger charge is 2.18. The van der Waals surface area contributed by atoms with Crippen molar-refractivity contribution < 1.29 is 4.74 Å². The molecule has 1 aromatic heterocycles. The fraction of sp³-hybridized carbons (Fsp3) is 0.643. The number of ether oxygens (including phenoxy) is 1. The van der Waals surface area contributed by atoms with E-state index in [1.165, 1.54) is 19.3 Å². The lowest BCUT2D eigenvalue weighted by Crippen LogP contribution is -2.24. The Hall–Kier alpha value is -1.09. The highest BCUT2D eigenvalue weighted by Crippen LogP contribution is 2.24. The highest BCUT2D eigenvalue weighted by molar-refractivity contribution is 5.23. The van der Waals surface area contributed by atoms with Gasteiger partial charge < -0.3 is 10.1 Å². The summed E-state index contributed by atoms with van der Waals surface area (Å²) in [4.78, 5) is 4.34. The topological polar surface area (TPSA) is 34.1 Å². The molecular formula is C14H22N2O. The molecule has 1 aliphatic carbocycles. The Balaban J connectivity index is 1.82. The average molecular weight is 234 g/mol. The molecule has 0 radical (unpaired) electrons. The van der Waals surface area contributed by atoms with Gasteiger partial charge in [0.2, 0.25) is 0 Å². The first-order valence-corrected chi connectivity index (χ1v) is 6.56. The van der Waals surface area contributed by atoms with E-state index >= 15 is 0 Å². The van der Waals surface area contributed by atoms with E-state index in [9.17, 15) is 0 Å². The molecule has 3 nitrogen and oxygen atoms in total. The molecule has 2 rings (SSSR count). The maximum Gasteiger partial charge on any atom is 0.123 e. The molecule has 1 saturated carbocycles. The van der Waals surface area contributed by atoms with Crippen molar-refractivity contribution in [2.24, 2.45) is 5.92 Å². The predicted molar refractivity (Wildman–Crippen MR) is 69.0 cm³/mol. The standard InChI is InChI=1S/C14H22N2O/c1-11(2)9-15-10-12-8-14(6-7-16-12)17-13-4-3-5-13/h6-8,11,13,15H,3-5,9-10H2,1-2H3. The van der Waals surface area contributed by atoms with Crippen LogP contribution in [0.4, 0.5) is 0 Å². The van der Waals surface area contributed by atoms with Gasteiger partial charge in [-0.05, 0) is 37.8 Å². The van der Waals surface area contributed by atoms with E-state index in [-0.39, 0.29) is 0 Å². The van der Waals surface area contributed by atoms with Crippen molar-refractivity contribution in [3.05, 3.63) is 24.0 Å². The van der Waals surface area contributed by atoms with E-state index in [1.807, 2.05) is 18.3 Å². The molecule has 94 valence electrons. The number of nitrogens with zero attached hydrogens (tertiary/aromatic N) is 1. The minimum absolute atomic E-state index is 0.439. The van der Waals surface area contributed by atoms with E-state index in [0.717, 1.165) is 24.5 Å². The molecule has 1 heterocycles. The Labute approximate surface area is 104 Å². The van der Waals surface area contributed by atoms with E-state index in [2.05, 4.69) is 24.1 Å². The minimum Gasteiger partial charge on any atom is -0.490 e. The third-order valence-electron chi connectivity index (χ3n) is 3.00. The van der Waals surface area contributed by atoms with Crippen LogP contribution in [0.25, 0.3) is 0 Å². The van der Waals surface area contributed by atoms with Gasteiger partial charge in [0.1, 0.15) is 5.75 Å². The van der Waals surface area contributed by atoms with Crippen LogP contribution in [0.5, 0.6) is 5.75 Å². The smallest absolute Gasteiger partial charge is 0.123 e. The normalized spacial score (nSPS) is 15.9. The first kappa shape index (κ1) is 12.4. The molecule has 0 bridgehead atoms. The van der Waals surface area contributed by atoms with Gasteiger partial charge >= 0.3 is 0 Å². The first-order chi connectivity index (χ1) is 8.24. The molecule has 1 aliphatic rings. The predicted octanol–water partition coefficient (Wildman–Crippen LogP) is 2.76. The summed E-state index contributed by atoms with van der Waals surface area (Å²) in [5.41, 5.74) is 1.06. The van der Waals surface area contributed by atoms with Crippen LogP contribution in [0.15, 0.2) is 18.3 Å². The molecule has 0 spiro atoms. The summed E-state index contributed by atoms with van der Waals surface area (Å²) in [5, 5.41) is 3.39. The molecule has 0 atom stereocenters. The molecular weight excluding hydrogens is 212 g/mol. The van der Waals surface area contributed by atoms with Gasteiger partial charge in [-0.1, -0.05) is 13.8 Å². The second kappa shape index (κ2) is 6.01. The van der Waals surface area contributed by atoms with Crippen molar-refractivity contribution in [3.63, 3.8) is 0 Å². The van der Waals surface area contributed by atoms with Crippen LogP contribution in [0.2, 0.25) is 0 Å². The molecule has 3 heteroatoms. The zero-order valence-corrected chi connectivity index (χ0v) is 10.8. The van der Waals surface area contributed by atoms with Crippen LogP contribution >= 0.6 is 0 Å². The largest absolute Gasteiger partial charge is 0.490 e. The molecule has 1 aromatic rings. The summed E-state index contributed by atoms with van der Waals surface area (Å²) in [6.45, 7) is 6.25. The van der Waals surface area contributed by atoms with Crippen LogP contribution in [0.1, 0.15) is 38.8 Å². The summed E-state index contributed by atoms with van der Waals surface area (Å²) >= 11 is 0. The lowest BCUT2D eigenvalue weighted by Gasteiger charge is -2.26. The third-order valence-corrected chi connectivity index (χ3v) is 3.00. The molecule has 1 fully saturated rings. The fourth-order valence-electron chi connectivity index (χ4n) is 1.80. The van der Waals surface area contributed by atoms with Crippen LogP contribution in [0, 0.1) is 5.92 Å². The molecule has 0 aliphatic heterocycles. The zero-order valence-electron chi connectivity index (χ0n) is 10.8. The van der Waals surface area contributed by atoms with Crippen molar-refractivity contribution in [2.75, 3.05) is 6.54 Å². The third kappa shape index (κ3) is 4.00. The van der Waals surface area contributed by atoms with Crippen molar-refractivity contribution >= 4 is 0 Å². The molecule has 17 heavy (non-hydrogen) atoms. The van der Waals surface area contributed by atoms with Gasteiger partial charge in [0.15, 0.2) is 0 Å². The van der Waals surface area contributed by atoms with E-state index in [1.54, 1.807) is 0 Å². The number of rotatable bonds is 6. The SMILES string of the molecule is CC(C)CNCc1cc(OC2CCC2)ccn1. The summed E-state index contributed by atoms with van der Waals surface area (Å²) < 4.78 is 5.85. The Morgan fingerprint density at radius 1 is 1.47 bits per heavy atom. The summed E-state index contributed by atoms with van der Waals surface area (Å²) in [7, 11) is 0. The number of pyridine rings is 1. The summed E-state index contributed by atoms with van der Waals surface area (Å²) in [6.07, 6.45) is 5.97. The second-order valence-electron chi connectivity index (χ2n) is 5.18. The monoisotopic (exact) mass is 234 g/mol. The van der Waals surface area contributed by atoms with Gasteiger partial charge in [0.05, 0.1) is 11.8 Å². The average Bonchev–Trinajstić information content (AvgIpc) is 2.24. The van der Waals surface area contributed by atoms with Gasteiger partial charge in [-0.3, -0.25) is 4.98 Å². The number of hydrogen-bond donors (Lipinski definition) is 1.